The molecule has 3 nitrogen and oxygen atoms in total. The molecule has 0 saturated heterocycles. The molecule has 1 amide bonds. The molecular weight excluding hydrogens is 152 g/mol. The number of nitrogens with two attached hydrogens (primary N) is 1. The Kier molecular flexibility index (Phi) is 4.90. The van der Waals surface area contributed by atoms with Crippen LogP contribution in [0.3, 0.4) is 0 Å². The standard InChI is InChI=1S/C9H20N2O/c1-6(2)9(10)7(3)5-8(12)11-4/h6-7,9H,5,10H2,1-4H3,(H,11,12)/t7-,9+/m0/s1. The van der Waals surface area contributed by atoms with Crippen molar-refractivity contribution in [1.82, 2.24) is 5.32 Å². The van der Waals surface area contributed by atoms with E-state index >= 15 is 0 Å². The molecule has 0 aromatic carbocycles. The fourth-order valence-electron chi connectivity index (χ4n) is 1.19. The largest absolute Gasteiger partial charge is 0.359 e. The van der Waals surface area contributed by atoms with Gasteiger partial charge in [-0.15, -0.1) is 0 Å². The van der Waals surface area contributed by atoms with E-state index in [0.717, 1.165) is 0 Å². The van der Waals surface area contributed by atoms with Crippen LogP contribution in [0, 0.1) is 11.8 Å². The average Bonchev–Trinajstić information content (AvgIpc) is 2.02. The van der Waals surface area contributed by atoms with E-state index in [1.165, 1.54) is 0 Å². The highest BCUT2D eigenvalue weighted by molar-refractivity contribution is 5.75. The quantitative estimate of drug-likeness (QED) is 0.657. The molecule has 72 valence electrons. The van der Waals surface area contributed by atoms with Crippen LogP contribution in [0.25, 0.3) is 0 Å². The highest BCUT2D eigenvalue weighted by atomic mass is 16.1. The van der Waals surface area contributed by atoms with Gasteiger partial charge < -0.3 is 11.1 Å². The molecule has 0 aliphatic carbocycles. The first-order valence-electron chi connectivity index (χ1n) is 4.45. The zero-order valence-corrected chi connectivity index (χ0v) is 8.42. The zero-order valence-electron chi connectivity index (χ0n) is 8.42. The summed E-state index contributed by atoms with van der Waals surface area (Å²) in [7, 11) is 1.65. The van der Waals surface area contributed by atoms with Crippen LogP contribution in [-0.2, 0) is 4.79 Å². The van der Waals surface area contributed by atoms with E-state index in [-0.39, 0.29) is 17.9 Å². The maximum Gasteiger partial charge on any atom is 0.220 e. The second-order valence-electron chi connectivity index (χ2n) is 3.68. The molecule has 3 N–H and O–H groups in total. The summed E-state index contributed by atoms with van der Waals surface area (Å²) in [6.45, 7) is 6.16. The molecule has 0 unspecified atom stereocenters. The fraction of sp³-hybridized carbons (Fsp3) is 0.889. The molecule has 0 spiro atoms. The van der Waals surface area contributed by atoms with Crippen LogP contribution in [0.15, 0.2) is 0 Å². The smallest absolute Gasteiger partial charge is 0.220 e. The van der Waals surface area contributed by atoms with Crippen molar-refractivity contribution >= 4 is 5.91 Å². The third-order valence-electron chi connectivity index (χ3n) is 2.21. The van der Waals surface area contributed by atoms with Gasteiger partial charge in [0.15, 0.2) is 0 Å². The molecule has 0 fully saturated rings. The third-order valence-corrected chi connectivity index (χ3v) is 2.21. The number of rotatable bonds is 4. The number of carbonyl (C=O) groups is 1. The van der Waals surface area contributed by atoms with Crippen molar-refractivity contribution in [2.75, 3.05) is 7.05 Å². The van der Waals surface area contributed by atoms with Gasteiger partial charge in [-0.1, -0.05) is 20.8 Å². The normalized spacial score (nSPS) is 15.8. The first kappa shape index (κ1) is 11.4. The second-order valence-corrected chi connectivity index (χ2v) is 3.68. The van der Waals surface area contributed by atoms with Crippen LogP contribution in [0.5, 0.6) is 0 Å². The number of nitrogens with one attached hydrogen (secondary N) is 1. The maximum absolute atomic E-state index is 11.0. The average molecular weight is 172 g/mol. The van der Waals surface area contributed by atoms with Crippen LogP contribution in [0.2, 0.25) is 0 Å². The Labute approximate surface area is 74.7 Å². The van der Waals surface area contributed by atoms with Gasteiger partial charge in [0.05, 0.1) is 0 Å². The SMILES string of the molecule is CNC(=O)C[C@H](C)[C@H](N)C(C)C. The Bertz CT molecular complexity index is 145. The fourth-order valence-corrected chi connectivity index (χ4v) is 1.19. The summed E-state index contributed by atoms with van der Waals surface area (Å²) < 4.78 is 0. The maximum atomic E-state index is 11.0. The van der Waals surface area contributed by atoms with Gasteiger partial charge in [0.2, 0.25) is 5.91 Å². The Balaban J connectivity index is 3.86. The van der Waals surface area contributed by atoms with E-state index in [1.54, 1.807) is 7.05 Å². The summed E-state index contributed by atoms with van der Waals surface area (Å²) >= 11 is 0. The monoisotopic (exact) mass is 172 g/mol. The van der Waals surface area contributed by atoms with E-state index in [4.69, 9.17) is 5.73 Å². The molecule has 0 aliphatic rings. The van der Waals surface area contributed by atoms with Gasteiger partial charge in [-0.25, -0.2) is 0 Å². The van der Waals surface area contributed by atoms with Crippen molar-refractivity contribution in [1.29, 1.82) is 0 Å². The number of amides is 1. The summed E-state index contributed by atoms with van der Waals surface area (Å²) in [5, 5.41) is 2.60. The van der Waals surface area contributed by atoms with Crippen molar-refractivity contribution in [3.63, 3.8) is 0 Å². The molecular formula is C9H20N2O. The van der Waals surface area contributed by atoms with Gasteiger partial charge in [0.25, 0.3) is 0 Å². The Morgan fingerprint density at radius 1 is 1.42 bits per heavy atom. The van der Waals surface area contributed by atoms with Crippen molar-refractivity contribution < 1.29 is 4.79 Å². The number of hydrogen-bond acceptors (Lipinski definition) is 2. The topological polar surface area (TPSA) is 55.1 Å². The summed E-state index contributed by atoms with van der Waals surface area (Å²) in [6.07, 6.45) is 0.524. The van der Waals surface area contributed by atoms with Crippen molar-refractivity contribution in [3.05, 3.63) is 0 Å². The van der Waals surface area contributed by atoms with Gasteiger partial charge in [0, 0.05) is 19.5 Å². The minimum Gasteiger partial charge on any atom is -0.359 e. The second kappa shape index (κ2) is 5.14. The Morgan fingerprint density at radius 2 is 1.92 bits per heavy atom. The molecule has 2 atom stereocenters. The highest BCUT2D eigenvalue weighted by Crippen LogP contribution is 2.13. The third kappa shape index (κ3) is 3.72. The minimum atomic E-state index is 0.0681. The summed E-state index contributed by atoms with van der Waals surface area (Å²) in [6, 6.07) is 0.113. The van der Waals surface area contributed by atoms with E-state index in [0.29, 0.717) is 12.3 Å². The lowest BCUT2D eigenvalue weighted by molar-refractivity contribution is -0.121. The number of hydrogen-bond donors (Lipinski definition) is 2. The molecule has 0 aromatic rings. The van der Waals surface area contributed by atoms with Crippen LogP contribution < -0.4 is 11.1 Å². The molecule has 0 heterocycles. The zero-order chi connectivity index (χ0) is 9.72. The highest BCUT2D eigenvalue weighted by Gasteiger charge is 2.18. The Hall–Kier alpha value is -0.570. The van der Waals surface area contributed by atoms with Crippen LogP contribution >= 0.6 is 0 Å². The first-order valence-corrected chi connectivity index (χ1v) is 4.45. The molecule has 0 saturated carbocycles. The van der Waals surface area contributed by atoms with E-state index in [1.807, 2.05) is 6.92 Å². The molecule has 0 aromatic heterocycles. The van der Waals surface area contributed by atoms with E-state index in [9.17, 15) is 4.79 Å². The van der Waals surface area contributed by atoms with Gasteiger partial charge in [-0.3, -0.25) is 4.79 Å². The molecule has 0 radical (unpaired) electrons. The summed E-state index contributed by atoms with van der Waals surface area (Å²) in [5.74, 6) is 0.758. The van der Waals surface area contributed by atoms with Crippen molar-refractivity contribution in [2.24, 2.45) is 17.6 Å². The van der Waals surface area contributed by atoms with Gasteiger partial charge in [-0.05, 0) is 11.8 Å². The van der Waals surface area contributed by atoms with Crippen molar-refractivity contribution in [3.8, 4) is 0 Å². The lowest BCUT2D eigenvalue weighted by Crippen LogP contribution is -2.36. The minimum absolute atomic E-state index is 0.0681. The summed E-state index contributed by atoms with van der Waals surface area (Å²) in [4.78, 5) is 11.0. The van der Waals surface area contributed by atoms with E-state index in [2.05, 4.69) is 19.2 Å². The van der Waals surface area contributed by atoms with Gasteiger partial charge in [-0.2, -0.15) is 0 Å². The molecule has 0 bridgehead atoms. The molecule has 0 aliphatic heterocycles. The van der Waals surface area contributed by atoms with Crippen molar-refractivity contribution in [2.45, 2.75) is 33.2 Å². The van der Waals surface area contributed by atoms with E-state index < -0.39 is 0 Å². The molecule has 12 heavy (non-hydrogen) atoms. The van der Waals surface area contributed by atoms with Crippen LogP contribution in [-0.4, -0.2) is 19.0 Å². The van der Waals surface area contributed by atoms with Crippen LogP contribution in [0.1, 0.15) is 27.2 Å². The van der Waals surface area contributed by atoms with Crippen LogP contribution in [0.4, 0.5) is 0 Å². The predicted octanol–water partition coefficient (Wildman–Crippen LogP) is 0.742. The van der Waals surface area contributed by atoms with Gasteiger partial charge in [0.1, 0.15) is 0 Å². The Morgan fingerprint density at radius 3 is 2.25 bits per heavy atom. The predicted molar refractivity (Wildman–Crippen MR) is 50.7 cm³/mol. The molecule has 0 rings (SSSR count). The van der Waals surface area contributed by atoms with Gasteiger partial charge >= 0.3 is 0 Å². The lowest BCUT2D eigenvalue weighted by atomic mass is 9.90. The summed E-state index contributed by atoms with van der Waals surface area (Å²) in [5.41, 5.74) is 5.88. The lowest BCUT2D eigenvalue weighted by Gasteiger charge is -2.22. The first-order chi connectivity index (χ1) is 5.49. The number of carbonyl (C=O) groups excluding carboxylic acids is 1. The molecule has 3 heteroatoms.